The highest BCUT2D eigenvalue weighted by atomic mass is 16.2. The van der Waals surface area contributed by atoms with E-state index in [0.29, 0.717) is 0 Å². The summed E-state index contributed by atoms with van der Waals surface area (Å²) in [5.41, 5.74) is 4.09. The minimum Gasteiger partial charge on any atom is -0.333 e. The van der Waals surface area contributed by atoms with E-state index in [1.54, 1.807) is 0 Å². The van der Waals surface area contributed by atoms with E-state index in [2.05, 4.69) is 30.3 Å². The van der Waals surface area contributed by atoms with E-state index >= 15 is 0 Å². The molecule has 0 bridgehead atoms. The predicted octanol–water partition coefficient (Wildman–Crippen LogP) is 1.98. The summed E-state index contributed by atoms with van der Waals surface area (Å²) in [4.78, 5) is 14.6. The second-order valence-corrected chi connectivity index (χ2v) is 6.33. The highest BCUT2D eigenvalue weighted by molar-refractivity contribution is 5.94. The van der Waals surface area contributed by atoms with E-state index in [-0.39, 0.29) is 11.9 Å². The van der Waals surface area contributed by atoms with Crippen LogP contribution < -0.4 is 5.32 Å². The van der Waals surface area contributed by atoms with Gasteiger partial charge < -0.3 is 10.2 Å². The monoisotopic (exact) mass is 312 g/mol. The molecule has 0 spiro atoms. The molecule has 1 fully saturated rings. The first-order valence-electron chi connectivity index (χ1n) is 8.16. The summed E-state index contributed by atoms with van der Waals surface area (Å²) in [7, 11) is 0. The van der Waals surface area contributed by atoms with E-state index in [4.69, 9.17) is 0 Å². The summed E-state index contributed by atoms with van der Waals surface area (Å²) in [6, 6.07) is 10.2. The second kappa shape index (κ2) is 6.54. The number of hydrogen-bond acceptors (Lipinski definition) is 3. The van der Waals surface area contributed by atoms with Crippen LogP contribution in [0.3, 0.4) is 0 Å². The van der Waals surface area contributed by atoms with Crippen LogP contribution >= 0.6 is 0 Å². The van der Waals surface area contributed by atoms with Gasteiger partial charge in [-0.2, -0.15) is 5.10 Å². The van der Waals surface area contributed by atoms with E-state index in [0.717, 1.165) is 48.7 Å². The fourth-order valence-electron chi connectivity index (χ4n) is 3.07. The zero-order valence-electron chi connectivity index (χ0n) is 14.0. The molecule has 0 radical (unpaired) electrons. The molecule has 5 heteroatoms. The molecule has 1 amide bonds. The molecule has 1 aliphatic heterocycles. The molecule has 1 aromatic carbocycles. The van der Waals surface area contributed by atoms with Gasteiger partial charge in [-0.15, -0.1) is 0 Å². The van der Waals surface area contributed by atoms with E-state index in [1.807, 2.05) is 40.8 Å². The molecular weight excluding hydrogens is 288 g/mol. The molecule has 2 aromatic rings. The number of amides is 1. The Kier molecular flexibility index (Phi) is 4.48. The number of carbonyl (C=O) groups excluding carboxylic acids is 1. The molecule has 1 atom stereocenters. The average molecular weight is 312 g/mol. The Bertz CT molecular complexity index is 690. The SMILES string of the molecule is Cc1cc(C)n(Cc2ccc(C(=O)N3CCNC[C@@H]3C)cc2)n1. The fraction of sp³-hybridized carbons (Fsp3) is 0.444. The van der Waals surface area contributed by atoms with Crippen LogP contribution in [-0.4, -0.2) is 46.3 Å². The molecule has 0 aliphatic carbocycles. The lowest BCUT2D eigenvalue weighted by atomic mass is 10.1. The molecule has 0 saturated carbocycles. The number of nitrogens with zero attached hydrogens (tertiary/aromatic N) is 3. The third-order valence-electron chi connectivity index (χ3n) is 4.40. The zero-order valence-corrected chi connectivity index (χ0v) is 14.0. The quantitative estimate of drug-likeness (QED) is 0.943. The first kappa shape index (κ1) is 15.7. The first-order valence-corrected chi connectivity index (χ1v) is 8.16. The third-order valence-corrected chi connectivity index (χ3v) is 4.40. The number of aromatic nitrogens is 2. The first-order chi connectivity index (χ1) is 11.0. The van der Waals surface area contributed by atoms with Gasteiger partial charge in [-0.25, -0.2) is 0 Å². The van der Waals surface area contributed by atoms with Crippen molar-refractivity contribution in [2.75, 3.05) is 19.6 Å². The zero-order chi connectivity index (χ0) is 16.4. The van der Waals surface area contributed by atoms with Crippen LogP contribution in [0.4, 0.5) is 0 Å². The topological polar surface area (TPSA) is 50.2 Å². The lowest BCUT2D eigenvalue weighted by Crippen LogP contribution is -2.52. The Morgan fingerprint density at radius 2 is 2.04 bits per heavy atom. The summed E-state index contributed by atoms with van der Waals surface area (Å²) in [6.07, 6.45) is 0. The molecule has 0 unspecified atom stereocenters. The predicted molar refractivity (Wildman–Crippen MR) is 90.6 cm³/mol. The number of aryl methyl sites for hydroxylation is 2. The van der Waals surface area contributed by atoms with Crippen LogP contribution in [-0.2, 0) is 6.54 Å². The van der Waals surface area contributed by atoms with Crippen LogP contribution in [0.15, 0.2) is 30.3 Å². The summed E-state index contributed by atoms with van der Waals surface area (Å²) >= 11 is 0. The summed E-state index contributed by atoms with van der Waals surface area (Å²) in [5, 5.41) is 7.79. The molecule has 1 aromatic heterocycles. The average Bonchev–Trinajstić information content (AvgIpc) is 2.85. The maximum Gasteiger partial charge on any atom is 0.254 e. The molecule has 1 N–H and O–H groups in total. The highest BCUT2D eigenvalue weighted by Crippen LogP contribution is 2.13. The van der Waals surface area contributed by atoms with Crippen molar-refractivity contribution in [2.24, 2.45) is 0 Å². The Morgan fingerprint density at radius 3 is 2.65 bits per heavy atom. The van der Waals surface area contributed by atoms with Crippen molar-refractivity contribution in [3.63, 3.8) is 0 Å². The van der Waals surface area contributed by atoms with Crippen molar-refractivity contribution < 1.29 is 4.79 Å². The van der Waals surface area contributed by atoms with Crippen molar-refractivity contribution in [1.29, 1.82) is 0 Å². The van der Waals surface area contributed by atoms with Crippen molar-refractivity contribution in [3.8, 4) is 0 Å². The Morgan fingerprint density at radius 1 is 1.30 bits per heavy atom. The summed E-state index contributed by atoms with van der Waals surface area (Å²) in [5.74, 6) is 0.122. The molecular formula is C18H24N4O. The van der Waals surface area contributed by atoms with Crippen LogP contribution in [0.2, 0.25) is 0 Å². The normalized spacial score (nSPS) is 18.2. The number of rotatable bonds is 3. The largest absolute Gasteiger partial charge is 0.333 e. The maximum absolute atomic E-state index is 12.6. The van der Waals surface area contributed by atoms with Crippen molar-refractivity contribution in [1.82, 2.24) is 20.0 Å². The molecule has 1 aliphatic rings. The number of hydrogen-bond donors (Lipinski definition) is 1. The van der Waals surface area contributed by atoms with Crippen LogP contribution in [0.5, 0.6) is 0 Å². The minimum absolute atomic E-state index is 0.122. The van der Waals surface area contributed by atoms with Gasteiger partial charge in [0.05, 0.1) is 12.2 Å². The lowest BCUT2D eigenvalue weighted by molar-refractivity contribution is 0.0656. The van der Waals surface area contributed by atoms with Gasteiger partial charge in [-0.3, -0.25) is 9.48 Å². The second-order valence-electron chi connectivity index (χ2n) is 6.33. The highest BCUT2D eigenvalue weighted by Gasteiger charge is 2.23. The van der Waals surface area contributed by atoms with Gasteiger partial charge in [-0.05, 0) is 44.5 Å². The van der Waals surface area contributed by atoms with Crippen LogP contribution in [0, 0.1) is 13.8 Å². The molecule has 1 saturated heterocycles. The van der Waals surface area contributed by atoms with Gasteiger partial charge in [0.15, 0.2) is 0 Å². The molecule has 3 rings (SSSR count). The Labute approximate surface area is 137 Å². The lowest BCUT2D eigenvalue weighted by Gasteiger charge is -2.34. The van der Waals surface area contributed by atoms with Gasteiger partial charge in [0, 0.05) is 36.9 Å². The minimum atomic E-state index is 0.122. The van der Waals surface area contributed by atoms with Crippen molar-refractivity contribution >= 4 is 5.91 Å². The van der Waals surface area contributed by atoms with Gasteiger partial charge in [0.2, 0.25) is 0 Å². The van der Waals surface area contributed by atoms with Gasteiger partial charge in [0.25, 0.3) is 5.91 Å². The number of piperazine rings is 1. The molecule has 122 valence electrons. The van der Waals surface area contributed by atoms with Crippen LogP contribution in [0.25, 0.3) is 0 Å². The number of carbonyl (C=O) groups is 1. The summed E-state index contributed by atoms with van der Waals surface area (Å²) < 4.78 is 1.99. The molecule has 5 nitrogen and oxygen atoms in total. The van der Waals surface area contributed by atoms with E-state index < -0.39 is 0 Å². The van der Waals surface area contributed by atoms with Gasteiger partial charge in [0.1, 0.15) is 0 Å². The van der Waals surface area contributed by atoms with Crippen molar-refractivity contribution in [3.05, 3.63) is 52.8 Å². The van der Waals surface area contributed by atoms with E-state index in [1.165, 1.54) is 0 Å². The Balaban J connectivity index is 1.71. The third kappa shape index (κ3) is 3.45. The summed E-state index contributed by atoms with van der Waals surface area (Å²) in [6.45, 7) is 9.38. The molecule has 2 heterocycles. The fourth-order valence-corrected chi connectivity index (χ4v) is 3.07. The van der Waals surface area contributed by atoms with Crippen LogP contribution in [0.1, 0.15) is 34.2 Å². The van der Waals surface area contributed by atoms with E-state index in [9.17, 15) is 4.79 Å². The maximum atomic E-state index is 12.6. The molecule has 23 heavy (non-hydrogen) atoms. The smallest absolute Gasteiger partial charge is 0.254 e. The van der Waals surface area contributed by atoms with Crippen molar-refractivity contribution in [2.45, 2.75) is 33.4 Å². The standard InChI is InChI=1S/C18H24N4O/c1-13-10-14(2)22(20-13)12-16-4-6-17(7-5-16)18(23)21-9-8-19-11-15(21)3/h4-7,10,15,19H,8-9,11-12H2,1-3H3/t15-/m0/s1. The van der Waals surface area contributed by atoms with Gasteiger partial charge in [-0.1, -0.05) is 12.1 Å². The number of benzene rings is 1. The Hall–Kier alpha value is -2.14. The van der Waals surface area contributed by atoms with Gasteiger partial charge >= 0.3 is 0 Å². The number of nitrogens with one attached hydrogen (secondary N) is 1.